The molecule has 1 aliphatic rings. The van der Waals surface area contributed by atoms with E-state index in [0.717, 1.165) is 9.35 Å². The molecule has 1 N–H and O–H groups in total. The highest BCUT2D eigenvalue weighted by Gasteiger charge is 2.44. The lowest BCUT2D eigenvalue weighted by Gasteiger charge is -2.42. The van der Waals surface area contributed by atoms with Gasteiger partial charge >= 0.3 is 0 Å². The first-order chi connectivity index (χ1) is 8.85. The molecule has 0 aliphatic carbocycles. The molecule has 104 valence electrons. The van der Waals surface area contributed by atoms with Crippen LogP contribution in [0.2, 0.25) is 0 Å². The Morgan fingerprint density at radius 1 is 1.47 bits per heavy atom. The van der Waals surface area contributed by atoms with Gasteiger partial charge in [0.15, 0.2) is 0 Å². The molecule has 1 saturated heterocycles. The summed E-state index contributed by atoms with van der Waals surface area (Å²) in [6.45, 7) is 5.91. The summed E-state index contributed by atoms with van der Waals surface area (Å²) in [4.78, 5) is 27.3. The van der Waals surface area contributed by atoms with Crippen molar-refractivity contribution in [3.8, 4) is 0 Å². The number of thiophene rings is 1. The monoisotopic (exact) mass is 344 g/mol. The molecule has 2 amide bonds. The number of halogens is 1. The van der Waals surface area contributed by atoms with Crippen molar-refractivity contribution in [2.24, 2.45) is 0 Å². The van der Waals surface area contributed by atoms with Crippen LogP contribution < -0.4 is 5.32 Å². The van der Waals surface area contributed by atoms with E-state index in [9.17, 15) is 9.59 Å². The average molecular weight is 345 g/mol. The third-order valence-electron chi connectivity index (χ3n) is 3.24. The lowest BCUT2D eigenvalue weighted by Crippen LogP contribution is -2.67. The Balaban J connectivity index is 2.27. The minimum Gasteiger partial charge on any atom is -0.340 e. The third-order valence-corrected chi connectivity index (χ3v) is 4.93. The van der Waals surface area contributed by atoms with Crippen molar-refractivity contribution in [2.75, 3.05) is 0 Å². The van der Waals surface area contributed by atoms with E-state index in [4.69, 9.17) is 0 Å². The number of nitrogens with zero attached hydrogens (tertiary/aromatic N) is 1. The predicted octanol–water partition coefficient (Wildman–Crippen LogP) is 2.53. The second-order valence-corrected chi connectivity index (χ2v) is 7.11. The lowest BCUT2D eigenvalue weighted by molar-refractivity contribution is -0.154. The molecule has 0 bridgehead atoms. The first kappa shape index (κ1) is 14.5. The number of carbonyl (C=O) groups excluding carboxylic acids is 2. The summed E-state index contributed by atoms with van der Waals surface area (Å²) < 4.78 is 1.01. The average Bonchev–Trinajstić information content (AvgIpc) is 2.71. The van der Waals surface area contributed by atoms with E-state index in [-0.39, 0.29) is 17.9 Å². The highest BCUT2D eigenvalue weighted by atomic mass is 79.9. The zero-order chi connectivity index (χ0) is 14.2. The van der Waals surface area contributed by atoms with Gasteiger partial charge in [0.25, 0.3) is 0 Å². The molecule has 19 heavy (non-hydrogen) atoms. The maximum absolute atomic E-state index is 12.5. The molecule has 1 fully saturated rings. The fourth-order valence-corrected chi connectivity index (χ4v) is 3.73. The van der Waals surface area contributed by atoms with Crippen molar-refractivity contribution in [1.29, 1.82) is 0 Å². The van der Waals surface area contributed by atoms with Gasteiger partial charge in [-0.05, 0) is 42.3 Å². The van der Waals surface area contributed by atoms with Crippen LogP contribution in [-0.2, 0) is 16.1 Å². The van der Waals surface area contributed by atoms with Gasteiger partial charge in [-0.3, -0.25) is 9.59 Å². The topological polar surface area (TPSA) is 49.4 Å². The Morgan fingerprint density at radius 3 is 2.68 bits per heavy atom. The van der Waals surface area contributed by atoms with Gasteiger partial charge in [0, 0.05) is 14.7 Å². The number of amides is 2. The largest absolute Gasteiger partial charge is 0.340 e. The lowest BCUT2D eigenvalue weighted by atomic mass is 9.95. The summed E-state index contributed by atoms with van der Waals surface area (Å²) >= 11 is 4.99. The Kier molecular flexibility index (Phi) is 4.01. The standard InChI is InChI=1S/C13H17BrN2O2S/c1-4-10-11(17)15-13(2,3)12(18)16(10)6-9-5-8(14)7-19-9/h5,7,10H,4,6H2,1-3H3,(H,15,17). The minimum absolute atomic E-state index is 0.0246. The fourth-order valence-electron chi connectivity index (χ4n) is 2.28. The molecule has 1 aliphatic heterocycles. The molecule has 1 aromatic rings. The molecule has 0 saturated carbocycles. The molecule has 1 aromatic heterocycles. The SMILES string of the molecule is CCC1C(=O)NC(C)(C)C(=O)N1Cc1cc(Br)cs1. The molecule has 2 rings (SSSR count). The normalized spacial score (nSPS) is 22.5. The van der Waals surface area contributed by atoms with E-state index in [1.165, 1.54) is 0 Å². The van der Waals surface area contributed by atoms with Crippen LogP contribution in [0.1, 0.15) is 32.1 Å². The van der Waals surface area contributed by atoms with Crippen LogP contribution in [0.3, 0.4) is 0 Å². The summed E-state index contributed by atoms with van der Waals surface area (Å²) in [6, 6.07) is 1.62. The van der Waals surface area contributed by atoms with Gasteiger partial charge in [-0.2, -0.15) is 0 Å². The van der Waals surface area contributed by atoms with Gasteiger partial charge < -0.3 is 10.2 Å². The number of hydrogen-bond donors (Lipinski definition) is 1. The zero-order valence-electron chi connectivity index (χ0n) is 11.2. The predicted molar refractivity (Wildman–Crippen MR) is 78.9 cm³/mol. The third kappa shape index (κ3) is 2.84. The fraction of sp³-hybridized carbons (Fsp3) is 0.538. The Morgan fingerprint density at radius 2 is 2.16 bits per heavy atom. The van der Waals surface area contributed by atoms with Gasteiger partial charge in [-0.1, -0.05) is 6.92 Å². The van der Waals surface area contributed by atoms with Crippen LogP contribution in [0, 0.1) is 0 Å². The van der Waals surface area contributed by atoms with E-state index >= 15 is 0 Å². The number of nitrogens with one attached hydrogen (secondary N) is 1. The molecule has 0 spiro atoms. The van der Waals surface area contributed by atoms with Gasteiger partial charge in [0.2, 0.25) is 11.8 Å². The van der Waals surface area contributed by atoms with Crippen molar-refractivity contribution in [3.05, 3.63) is 20.8 Å². The molecule has 4 nitrogen and oxygen atoms in total. The van der Waals surface area contributed by atoms with Crippen molar-refractivity contribution >= 4 is 39.1 Å². The second kappa shape index (κ2) is 5.25. The molecule has 2 heterocycles. The Hall–Kier alpha value is -0.880. The van der Waals surface area contributed by atoms with Crippen LogP contribution in [0.4, 0.5) is 0 Å². The second-order valence-electron chi connectivity index (χ2n) is 5.20. The van der Waals surface area contributed by atoms with E-state index in [1.807, 2.05) is 18.4 Å². The van der Waals surface area contributed by atoms with E-state index in [2.05, 4.69) is 21.2 Å². The first-order valence-electron chi connectivity index (χ1n) is 6.21. The number of rotatable bonds is 3. The number of hydrogen-bond acceptors (Lipinski definition) is 3. The van der Waals surface area contributed by atoms with Crippen molar-refractivity contribution < 1.29 is 9.59 Å². The summed E-state index contributed by atoms with van der Waals surface area (Å²) in [5.41, 5.74) is -0.822. The summed E-state index contributed by atoms with van der Waals surface area (Å²) in [5, 5.41) is 4.77. The summed E-state index contributed by atoms with van der Waals surface area (Å²) in [6.07, 6.45) is 0.625. The van der Waals surface area contributed by atoms with Gasteiger partial charge in [-0.15, -0.1) is 11.3 Å². The zero-order valence-corrected chi connectivity index (χ0v) is 13.6. The van der Waals surface area contributed by atoms with Crippen molar-refractivity contribution in [3.63, 3.8) is 0 Å². The summed E-state index contributed by atoms with van der Waals surface area (Å²) in [7, 11) is 0. The number of piperazine rings is 1. The van der Waals surface area contributed by atoms with Crippen LogP contribution >= 0.6 is 27.3 Å². The van der Waals surface area contributed by atoms with Crippen LogP contribution in [0.25, 0.3) is 0 Å². The molecule has 1 atom stereocenters. The maximum atomic E-state index is 12.5. The van der Waals surface area contributed by atoms with Crippen LogP contribution in [-0.4, -0.2) is 28.3 Å². The van der Waals surface area contributed by atoms with Crippen molar-refractivity contribution in [2.45, 2.75) is 45.3 Å². The Bertz CT molecular complexity index is 512. The highest BCUT2D eigenvalue weighted by molar-refractivity contribution is 9.10. The minimum atomic E-state index is -0.822. The van der Waals surface area contributed by atoms with Crippen LogP contribution in [0.15, 0.2) is 15.9 Å². The van der Waals surface area contributed by atoms with Crippen LogP contribution in [0.5, 0.6) is 0 Å². The Labute approximate surface area is 125 Å². The van der Waals surface area contributed by atoms with Gasteiger partial charge in [0.05, 0.1) is 6.54 Å². The van der Waals surface area contributed by atoms with Gasteiger partial charge in [0.1, 0.15) is 11.6 Å². The number of carbonyl (C=O) groups is 2. The van der Waals surface area contributed by atoms with E-state index in [0.29, 0.717) is 13.0 Å². The molecule has 6 heteroatoms. The quantitative estimate of drug-likeness (QED) is 0.915. The molecular weight excluding hydrogens is 328 g/mol. The van der Waals surface area contributed by atoms with E-state index < -0.39 is 5.54 Å². The highest BCUT2D eigenvalue weighted by Crippen LogP contribution is 2.26. The summed E-state index contributed by atoms with van der Waals surface area (Å²) in [5.74, 6) is -0.0915. The molecule has 0 radical (unpaired) electrons. The van der Waals surface area contributed by atoms with Crippen molar-refractivity contribution in [1.82, 2.24) is 10.2 Å². The maximum Gasteiger partial charge on any atom is 0.248 e. The molecular formula is C13H17BrN2O2S. The van der Waals surface area contributed by atoms with Gasteiger partial charge in [-0.25, -0.2) is 0 Å². The first-order valence-corrected chi connectivity index (χ1v) is 7.88. The van der Waals surface area contributed by atoms with E-state index in [1.54, 1.807) is 30.1 Å². The molecule has 0 aromatic carbocycles. The molecule has 1 unspecified atom stereocenters. The smallest absolute Gasteiger partial charge is 0.248 e.